The molecule has 0 radical (unpaired) electrons. The molecule has 11 heteroatoms. The molecule has 1 amide bonds. The van der Waals surface area contributed by atoms with Gasteiger partial charge in [-0.15, -0.1) is 0 Å². The van der Waals surface area contributed by atoms with E-state index in [0.29, 0.717) is 36.0 Å². The molecule has 160 valence electrons. The molecule has 0 N–H and O–H groups in total. The maximum absolute atomic E-state index is 13.0. The Morgan fingerprint density at radius 1 is 1.14 bits per heavy atom. The minimum Gasteiger partial charge on any atom is -0.338 e. The van der Waals surface area contributed by atoms with Gasteiger partial charge in [0.05, 0.1) is 22.1 Å². The maximum Gasteiger partial charge on any atom is 0.247 e. The molecule has 1 fully saturated rings. The highest BCUT2D eigenvalue weighted by Gasteiger charge is 2.34. The summed E-state index contributed by atoms with van der Waals surface area (Å²) < 4.78 is 30.7. The molecule has 2 aromatic rings. The SMILES string of the molecule is CCn1cc(S(=O)(=O)N2CCN(C(=O)C(C)n3nc(C)c(Cl)c3C)CC2)c(C)n1. The maximum atomic E-state index is 13.0. The Morgan fingerprint density at radius 2 is 1.76 bits per heavy atom. The van der Waals surface area contributed by atoms with E-state index in [4.69, 9.17) is 11.6 Å². The number of amides is 1. The lowest BCUT2D eigenvalue weighted by Gasteiger charge is -2.35. The Bertz CT molecular complexity index is 1020. The van der Waals surface area contributed by atoms with Crippen molar-refractivity contribution in [1.82, 2.24) is 28.8 Å². The van der Waals surface area contributed by atoms with Gasteiger partial charge in [-0.1, -0.05) is 11.6 Å². The number of hydrogen-bond donors (Lipinski definition) is 0. The number of aryl methyl sites for hydroxylation is 3. The number of hydrogen-bond acceptors (Lipinski definition) is 5. The van der Waals surface area contributed by atoms with Crippen molar-refractivity contribution >= 4 is 27.5 Å². The van der Waals surface area contributed by atoms with E-state index in [1.807, 2.05) is 13.8 Å². The molecular weight excluding hydrogens is 416 g/mol. The van der Waals surface area contributed by atoms with Gasteiger partial charge in [-0.3, -0.25) is 14.2 Å². The predicted molar refractivity (Wildman–Crippen MR) is 109 cm³/mol. The zero-order valence-corrected chi connectivity index (χ0v) is 19.0. The Labute approximate surface area is 176 Å². The van der Waals surface area contributed by atoms with Gasteiger partial charge >= 0.3 is 0 Å². The van der Waals surface area contributed by atoms with Gasteiger partial charge in [0, 0.05) is 38.9 Å². The average Bonchev–Trinajstić information content (AvgIpc) is 3.22. The zero-order chi connectivity index (χ0) is 21.5. The molecule has 2 aromatic heterocycles. The molecule has 1 saturated heterocycles. The van der Waals surface area contributed by atoms with Gasteiger partial charge in [-0.2, -0.15) is 14.5 Å². The summed E-state index contributed by atoms with van der Waals surface area (Å²) in [5, 5.41) is 9.15. The van der Waals surface area contributed by atoms with E-state index in [1.54, 1.807) is 41.2 Å². The molecule has 0 bridgehead atoms. The summed E-state index contributed by atoms with van der Waals surface area (Å²) in [6.45, 7) is 10.8. The van der Waals surface area contributed by atoms with Crippen molar-refractivity contribution in [2.45, 2.75) is 52.1 Å². The second kappa shape index (κ2) is 8.08. The first-order chi connectivity index (χ1) is 13.6. The molecular formula is C18H27ClN6O3S. The van der Waals surface area contributed by atoms with Gasteiger partial charge in [-0.05, 0) is 34.6 Å². The molecule has 1 atom stereocenters. The van der Waals surface area contributed by atoms with Gasteiger partial charge < -0.3 is 4.90 Å². The Balaban J connectivity index is 1.70. The number of carbonyl (C=O) groups excluding carboxylic acids is 1. The first-order valence-electron chi connectivity index (χ1n) is 9.62. The van der Waals surface area contributed by atoms with Gasteiger partial charge in [0.25, 0.3) is 0 Å². The Hall–Kier alpha value is -1.91. The van der Waals surface area contributed by atoms with Crippen molar-refractivity contribution in [3.8, 4) is 0 Å². The smallest absolute Gasteiger partial charge is 0.247 e. The molecule has 0 aromatic carbocycles. The van der Waals surface area contributed by atoms with Gasteiger partial charge in [0.1, 0.15) is 10.9 Å². The number of aromatic nitrogens is 4. The summed E-state index contributed by atoms with van der Waals surface area (Å²) in [4.78, 5) is 14.8. The minimum absolute atomic E-state index is 0.0979. The van der Waals surface area contributed by atoms with Crippen LogP contribution in [0.4, 0.5) is 0 Å². The molecule has 0 aliphatic carbocycles. The van der Waals surface area contributed by atoms with E-state index < -0.39 is 16.1 Å². The fourth-order valence-corrected chi connectivity index (χ4v) is 5.31. The van der Waals surface area contributed by atoms with Crippen LogP contribution in [0.25, 0.3) is 0 Å². The quantitative estimate of drug-likeness (QED) is 0.703. The van der Waals surface area contributed by atoms with E-state index in [2.05, 4.69) is 10.2 Å². The van der Waals surface area contributed by atoms with E-state index >= 15 is 0 Å². The van der Waals surface area contributed by atoms with Crippen LogP contribution in [-0.4, -0.2) is 69.3 Å². The van der Waals surface area contributed by atoms with Gasteiger partial charge in [0.2, 0.25) is 15.9 Å². The van der Waals surface area contributed by atoms with Crippen molar-refractivity contribution in [1.29, 1.82) is 0 Å². The molecule has 9 nitrogen and oxygen atoms in total. The average molecular weight is 443 g/mol. The third kappa shape index (κ3) is 3.93. The predicted octanol–water partition coefficient (Wildman–Crippen LogP) is 1.77. The molecule has 1 unspecified atom stereocenters. The fourth-order valence-electron chi connectivity index (χ4n) is 3.59. The van der Waals surface area contributed by atoms with Crippen LogP contribution < -0.4 is 0 Å². The van der Waals surface area contributed by atoms with Crippen molar-refractivity contribution < 1.29 is 13.2 Å². The number of halogens is 1. The van der Waals surface area contributed by atoms with Crippen LogP contribution in [0.15, 0.2) is 11.1 Å². The summed E-state index contributed by atoms with van der Waals surface area (Å²) in [6, 6.07) is -0.505. The first-order valence-corrected chi connectivity index (χ1v) is 11.4. The highest BCUT2D eigenvalue weighted by molar-refractivity contribution is 7.89. The number of rotatable bonds is 5. The minimum atomic E-state index is -3.64. The summed E-state index contributed by atoms with van der Waals surface area (Å²) in [6.07, 6.45) is 1.57. The first kappa shape index (κ1) is 21.8. The fraction of sp³-hybridized carbons (Fsp3) is 0.611. The van der Waals surface area contributed by atoms with Crippen molar-refractivity contribution in [3.63, 3.8) is 0 Å². The van der Waals surface area contributed by atoms with Crippen LogP contribution in [0, 0.1) is 20.8 Å². The summed E-state index contributed by atoms with van der Waals surface area (Å²) >= 11 is 6.20. The largest absolute Gasteiger partial charge is 0.338 e. The van der Waals surface area contributed by atoms with Crippen molar-refractivity contribution in [2.24, 2.45) is 0 Å². The number of nitrogens with zero attached hydrogens (tertiary/aromatic N) is 6. The van der Waals surface area contributed by atoms with Crippen molar-refractivity contribution in [2.75, 3.05) is 26.2 Å². The summed E-state index contributed by atoms with van der Waals surface area (Å²) in [7, 11) is -3.64. The molecule has 3 rings (SSSR count). The second-order valence-corrected chi connectivity index (χ2v) is 9.55. The van der Waals surface area contributed by atoms with Crippen LogP contribution in [0.2, 0.25) is 5.02 Å². The second-order valence-electron chi connectivity index (χ2n) is 7.27. The standard InChI is InChI=1S/C18H27ClN6O3S/c1-6-23-11-16(12(2)20-23)29(27,28)24-9-7-22(8-10-24)18(26)15(5)25-14(4)17(19)13(3)21-25/h11,15H,6-10H2,1-5H3. The lowest BCUT2D eigenvalue weighted by molar-refractivity contribution is -0.135. The Kier molecular flexibility index (Phi) is 6.07. The van der Waals surface area contributed by atoms with E-state index in [1.165, 1.54) is 4.31 Å². The van der Waals surface area contributed by atoms with E-state index in [-0.39, 0.29) is 23.9 Å². The number of carbonyl (C=O) groups is 1. The highest BCUT2D eigenvalue weighted by Crippen LogP contribution is 2.24. The highest BCUT2D eigenvalue weighted by atomic mass is 35.5. The Morgan fingerprint density at radius 3 is 2.24 bits per heavy atom. The molecule has 0 saturated carbocycles. The molecule has 29 heavy (non-hydrogen) atoms. The lowest BCUT2D eigenvalue weighted by atomic mass is 10.2. The lowest BCUT2D eigenvalue weighted by Crippen LogP contribution is -2.51. The number of sulfonamides is 1. The van der Waals surface area contributed by atoms with Crippen LogP contribution in [-0.2, 0) is 21.4 Å². The molecule has 0 spiro atoms. The third-order valence-electron chi connectivity index (χ3n) is 5.35. The van der Waals surface area contributed by atoms with Gasteiger partial charge in [0.15, 0.2) is 0 Å². The topological polar surface area (TPSA) is 93.3 Å². The van der Waals surface area contributed by atoms with E-state index in [0.717, 1.165) is 5.69 Å². The third-order valence-corrected chi connectivity index (χ3v) is 7.90. The number of piperazine rings is 1. The molecule has 3 heterocycles. The molecule has 1 aliphatic heterocycles. The van der Waals surface area contributed by atoms with Crippen LogP contribution in [0.1, 0.15) is 37.0 Å². The van der Waals surface area contributed by atoms with E-state index in [9.17, 15) is 13.2 Å². The van der Waals surface area contributed by atoms with Crippen molar-refractivity contribution in [3.05, 3.63) is 28.3 Å². The monoisotopic (exact) mass is 442 g/mol. The summed E-state index contributed by atoms with van der Waals surface area (Å²) in [5.74, 6) is -0.0979. The zero-order valence-electron chi connectivity index (χ0n) is 17.4. The van der Waals surface area contributed by atoms with Gasteiger partial charge in [-0.25, -0.2) is 8.42 Å². The molecule has 1 aliphatic rings. The summed E-state index contributed by atoms with van der Waals surface area (Å²) in [5.41, 5.74) is 1.91. The normalized spacial score (nSPS) is 17.0. The van der Waals surface area contributed by atoms with Crippen LogP contribution in [0.3, 0.4) is 0 Å². The van der Waals surface area contributed by atoms with Crippen LogP contribution in [0.5, 0.6) is 0 Å². The van der Waals surface area contributed by atoms with Crippen LogP contribution >= 0.6 is 11.6 Å².